The second-order valence-electron chi connectivity index (χ2n) is 16.7. The smallest absolute Gasteiger partial charge is 0.415 e. The number of hydrogen-bond acceptors (Lipinski definition) is 15. The van der Waals surface area contributed by atoms with Crippen molar-refractivity contribution in [2.24, 2.45) is 17.8 Å². The number of nitrogens with one attached hydrogen (secondary N) is 5. The van der Waals surface area contributed by atoms with Crippen LogP contribution in [0.3, 0.4) is 0 Å². The van der Waals surface area contributed by atoms with Crippen LogP contribution in [0.4, 0.5) is 15.3 Å². The number of carbonyl (C=O) groups is 7. The number of methoxy groups -OCH3 is 1. The highest BCUT2D eigenvalue weighted by Gasteiger charge is 2.31. The number of anilines is 1. The molecule has 1 heterocycles. The summed E-state index contributed by atoms with van der Waals surface area (Å²) in [5, 5.41) is 18.7. The van der Waals surface area contributed by atoms with Gasteiger partial charge in [0.25, 0.3) is 11.8 Å². The Morgan fingerprint density at radius 3 is 2.15 bits per heavy atom. The van der Waals surface area contributed by atoms with E-state index >= 15 is 0 Å². The van der Waals surface area contributed by atoms with E-state index in [0.29, 0.717) is 24.4 Å². The highest BCUT2D eigenvalue weighted by molar-refractivity contribution is 6.11. The summed E-state index contributed by atoms with van der Waals surface area (Å²) in [6.45, 7) is 16.5. The number of ether oxygens (including phenoxy) is 6. The summed E-state index contributed by atoms with van der Waals surface area (Å²) in [6.07, 6.45) is 0.828. The van der Waals surface area contributed by atoms with Crippen molar-refractivity contribution in [3.8, 4) is 16.9 Å². The maximum absolute atomic E-state index is 14.2. The van der Waals surface area contributed by atoms with Crippen LogP contribution in [0.2, 0.25) is 0 Å². The zero-order chi connectivity index (χ0) is 48.9. The van der Waals surface area contributed by atoms with Crippen molar-refractivity contribution in [3.63, 3.8) is 0 Å². The lowest BCUT2D eigenvalue weighted by Gasteiger charge is -2.25. The maximum atomic E-state index is 14.2. The van der Waals surface area contributed by atoms with Crippen LogP contribution in [0, 0.1) is 23.2 Å². The average Bonchev–Trinajstić information content (AvgIpc) is 4.10. The topological polar surface area (TPSA) is 260 Å². The lowest BCUT2D eigenvalue weighted by Crippen LogP contribution is -2.47. The molecule has 3 aromatic rings. The van der Waals surface area contributed by atoms with Gasteiger partial charge in [-0.3, -0.25) is 25.1 Å². The van der Waals surface area contributed by atoms with E-state index in [-0.39, 0.29) is 45.2 Å². The molecule has 0 radical (unpaired) electrons. The number of amidine groups is 1. The second kappa shape index (κ2) is 23.0. The molecule has 0 spiro atoms. The molecule has 5 N–H and O–H groups in total. The van der Waals surface area contributed by atoms with Gasteiger partial charge in [-0.1, -0.05) is 46.8 Å². The summed E-state index contributed by atoms with van der Waals surface area (Å²) >= 11 is 0. The number of nitrogens with zero attached hydrogens (tertiary/aromatic N) is 1. The Balaban J connectivity index is 1.62. The van der Waals surface area contributed by atoms with Gasteiger partial charge in [0.05, 0.1) is 13.0 Å². The van der Waals surface area contributed by atoms with Crippen LogP contribution >= 0.6 is 0 Å². The highest BCUT2D eigenvalue weighted by Crippen LogP contribution is 2.35. The van der Waals surface area contributed by atoms with Crippen molar-refractivity contribution >= 4 is 59.5 Å². The molecule has 1 saturated carbocycles. The molecule has 2 aromatic carbocycles. The summed E-state index contributed by atoms with van der Waals surface area (Å²) in [5.41, 5.74) is -0.250. The Morgan fingerprint density at radius 1 is 0.879 bits per heavy atom. The summed E-state index contributed by atoms with van der Waals surface area (Å²) in [6, 6.07) is 10.5. The predicted molar refractivity (Wildman–Crippen MR) is 242 cm³/mol. The van der Waals surface area contributed by atoms with Crippen molar-refractivity contribution in [2.75, 3.05) is 25.8 Å². The third-order valence-corrected chi connectivity index (χ3v) is 9.91. The van der Waals surface area contributed by atoms with Crippen molar-refractivity contribution in [1.82, 2.24) is 20.9 Å². The Bertz CT molecular complexity index is 2320. The van der Waals surface area contributed by atoms with Gasteiger partial charge in [0.15, 0.2) is 5.69 Å². The fraction of sp³-hybridized carbons (Fsp3) is 0.426. The Hall–Kier alpha value is -7.31. The van der Waals surface area contributed by atoms with Crippen LogP contribution in [0.5, 0.6) is 5.75 Å². The average molecular weight is 915 g/mol. The zero-order valence-electron chi connectivity index (χ0n) is 38.6. The van der Waals surface area contributed by atoms with Crippen molar-refractivity contribution in [1.29, 1.82) is 5.41 Å². The number of alkyl carbamates (subject to hydrolysis) is 2. The van der Waals surface area contributed by atoms with Crippen LogP contribution in [0.15, 0.2) is 55.1 Å². The number of amides is 4. The third kappa shape index (κ3) is 14.9. The number of aromatic nitrogens is 1. The van der Waals surface area contributed by atoms with E-state index in [2.05, 4.69) is 32.8 Å². The van der Waals surface area contributed by atoms with Crippen molar-refractivity contribution in [2.45, 2.75) is 92.6 Å². The van der Waals surface area contributed by atoms with Crippen molar-refractivity contribution in [3.05, 3.63) is 83.2 Å². The fourth-order valence-electron chi connectivity index (χ4n) is 5.95. The number of esters is 3. The molecule has 0 saturated heterocycles. The monoisotopic (exact) mass is 914 g/mol. The number of pyridine rings is 1. The summed E-state index contributed by atoms with van der Waals surface area (Å²) in [7, 11) is 1.40. The van der Waals surface area contributed by atoms with Gasteiger partial charge in [-0.15, -0.1) is 0 Å². The Labute approximate surface area is 383 Å². The minimum atomic E-state index is -1.20. The van der Waals surface area contributed by atoms with E-state index in [9.17, 15) is 33.6 Å². The van der Waals surface area contributed by atoms with E-state index in [1.165, 1.54) is 68.6 Å². The van der Waals surface area contributed by atoms with Gasteiger partial charge in [0, 0.05) is 47.0 Å². The molecule has 19 heteroatoms. The number of rotatable bonds is 19. The van der Waals surface area contributed by atoms with E-state index in [0.717, 1.165) is 12.8 Å². The van der Waals surface area contributed by atoms with Crippen LogP contribution < -0.4 is 26.0 Å². The molecule has 66 heavy (non-hydrogen) atoms. The largest absolute Gasteiger partial charge is 0.496 e. The van der Waals surface area contributed by atoms with Gasteiger partial charge >= 0.3 is 30.1 Å². The normalized spacial score (nSPS) is 13.4. The fourth-order valence-corrected chi connectivity index (χ4v) is 5.95. The molecule has 4 rings (SSSR count). The molecular formula is C47H58N6O13. The highest BCUT2D eigenvalue weighted by atomic mass is 16.7. The lowest BCUT2D eigenvalue weighted by atomic mass is 9.94. The summed E-state index contributed by atoms with van der Waals surface area (Å²) in [5.74, 6) is -4.36. The van der Waals surface area contributed by atoms with Gasteiger partial charge < -0.3 is 44.4 Å². The molecule has 1 unspecified atom stereocenters. The second-order valence-corrected chi connectivity index (χ2v) is 16.7. The first-order valence-electron chi connectivity index (χ1n) is 21.3. The van der Waals surface area contributed by atoms with Crippen LogP contribution in [-0.4, -0.2) is 91.1 Å². The van der Waals surface area contributed by atoms with Gasteiger partial charge in [-0.25, -0.2) is 24.2 Å². The van der Waals surface area contributed by atoms with E-state index in [1.54, 1.807) is 41.5 Å². The van der Waals surface area contributed by atoms with Crippen LogP contribution in [-0.2, 0) is 33.3 Å². The van der Waals surface area contributed by atoms with E-state index < -0.39 is 84.2 Å². The standard InChI is InChI=1S/C47H58N6O13/c1-11-26(5)37(52-46(60)66-47(7,8)9)43(57)62-24-63-44(58)38-32(19-20-35(51-38)41(55)49-23-28-13-14-28)33-22-36(61-10)29(12-2)21-34(33)40(54)50-31-17-15-30(16-18-31)39(48)53-45(59)65-27(6)64-42(56)25(3)4/h12,15-22,25-28,37H,2,11,13-14,23-24H2,1,3-10H3,(H,49,55)(H,50,54)(H,52,60)(H2,48,53,59)/t26-,27?,37-/m0/s1. The molecule has 1 fully saturated rings. The van der Waals surface area contributed by atoms with Crippen LogP contribution in [0.25, 0.3) is 17.2 Å². The predicted octanol–water partition coefficient (Wildman–Crippen LogP) is 6.99. The SMILES string of the molecule is C=Cc1cc(C(=O)Nc2ccc(C(=N)NC(=O)OC(C)OC(=O)C(C)C)cc2)c(-c2ccc(C(=O)NCC3CC3)nc2C(=O)OCOC(=O)[C@@H](NC(=O)OC(C)(C)C)[C@@H](C)CC)cc1OC. The first-order chi connectivity index (χ1) is 31.1. The molecule has 1 aliphatic rings. The number of carbonyl (C=O) groups excluding carboxylic acids is 7. The molecule has 354 valence electrons. The Morgan fingerprint density at radius 2 is 1.56 bits per heavy atom. The van der Waals surface area contributed by atoms with Crippen molar-refractivity contribution < 1.29 is 62.0 Å². The quantitative estimate of drug-likeness (QED) is 0.0267. The van der Waals surface area contributed by atoms with Gasteiger partial charge in [0.1, 0.15) is 28.9 Å². The van der Waals surface area contributed by atoms with Crippen LogP contribution in [0.1, 0.15) is 117 Å². The van der Waals surface area contributed by atoms with Gasteiger partial charge in [-0.05, 0) is 94.0 Å². The molecule has 0 aliphatic heterocycles. The molecular weight excluding hydrogens is 857 g/mol. The van der Waals surface area contributed by atoms with E-state index in [1.807, 2.05) is 6.92 Å². The molecule has 19 nitrogen and oxygen atoms in total. The first-order valence-corrected chi connectivity index (χ1v) is 21.3. The Kier molecular flexibility index (Phi) is 17.9. The summed E-state index contributed by atoms with van der Waals surface area (Å²) in [4.78, 5) is 95.7. The zero-order valence-corrected chi connectivity index (χ0v) is 38.6. The third-order valence-electron chi connectivity index (χ3n) is 9.91. The van der Waals surface area contributed by atoms with E-state index in [4.69, 9.17) is 33.8 Å². The molecule has 1 aromatic heterocycles. The molecule has 3 atom stereocenters. The number of hydrogen-bond donors (Lipinski definition) is 5. The number of benzene rings is 2. The van der Waals surface area contributed by atoms with Gasteiger partial charge in [0.2, 0.25) is 13.1 Å². The minimum Gasteiger partial charge on any atom is -0.496 e. The van der Waals surface area contributed by atoms with Gasteiger partial charge in [-0.2, -0.15) is 0 Å². The minimum absolute atomic E-state index is 0.0112. The first kappa shape index (κ1) is 51.3. The maximum Gasteiger partial charge on any atom is 0.415 e. The summed E-state index contributed by atoms with van der Waals surface area (Å²) < 4.78 is 31.6. The lowest BCUT2D eigenvalue weighted by molar-refractivity contribution is -0.168. The molecule has 1 aliphatic carbocycles. The molecule has 4 amide bonds. The molecule has 0 bridgehead atoms.